The summed E-state index contributed by atoms with van der Waals surface area (Å²) < 4.78 is 7.29. The van der Waals surface area contributed by atoms with Crippen LogP contribution in [0, 0.1) is 12.8 Å². The summed E-state index contributed by atoms with van der Waals surface area (Å²) in [5, 5.41) is 4.25. The van der Waals surface area contributed by atoms with Gasteiger partial charge in [-0.3, -0.25) is 14.8 Å². The molecule has 3 heterocycles. The summed E-state index contributed by atoms with van der Waals surface area (Å²) in [5.74, 6) is 1.41. The van der Waals surface area contributed by atoms with Crippen LogP contribution in [-0.4, -0.2) is 26.4 Å². The summed E-state index contributed by atoms with van der Waals surface area (Å²) in [6.07, 6.45) is 6.05. The summed E-state index contributed by atoms with van der Waals surface area (Å²) >= 11 is 0. The lowest BCUT2D eigenvalue weighted by Crippen LogP contribution is -2.24. The van der Waals surface area contributed by atoms with Crippen molar-refractivity contribution in [3.63, 3.8) is 0 Å². The number of hydrogen-bond donors (Lipinski definition) is 0. The van der Waals surface area contributed by atoms with Crippen LogP contribution in [0.4, 0.5) is 0 Å². The Labute approximate surface area is 164 Å². The molecule has 0 spiro atoms. The van der Waals surface area contributed by atoms with Gasteiger partial charge in [-0.05, 0) is 49.9 Å². The Morgan fingerprint density at radius 3 is 2.89 bits per heavy atom. The minimum Gasteiger partial charge on any atom is -0.476 e. The Kier molecular flexibility index (Phi) is 5.19. The van der Waals surface area contributed by atoms with E-state index in [1.807, 2.05) is 31.3 Å². The zero-order valence-electron chi connectivity index (χ0n) is 16.2. The Bertz CT molecular complexity index is 1020. The van der Waals surface area contributed by atoms with E-state index in [1.54, 1.807) is 19.3 Å². The second kappa shape index (κ2) is 7.92. The predicted octanol–water partition coefficient (Wildman–Crippen LogP) is 2.85. The van der Waals surface area contributed by atoms with E-state index in [1.165, 1.54) is 4.68 Å². The molecule has 3 aromatic rings. The molecule has 2 atom stereocenters. The molecule has 144 valence electrons. The van der Waals surface area contributed by atoms with E-state index in [-0.39, 0.29) is 5.56 Å². The molecule has 4 rings (SSSR count). The number of pyridine rings is 2. The van der Waals surface area contributed by atoms with Crippen molar-refractivity contribution in [2.75, 3.05) is 6.61 Å². The van der Waals surface area contributed by atoms with E-state index in [4.69, 9.17) is 4.74 Å². The van der Waals surface area contributed by atoms with Crippen molar-refractivity contribution in [1.82, 2.24) is 19.7 Å². The van der Waals surface area contributed by atoms with Crippen LogP contribution in [0.25, 0.3) is 0 Å². The van der Waals surface area contributed by atoms with Crippen LogP contribution in [0.2, 0.25) is 0 Å². The molecular weight excluding hydrogens is 352 g/mol. The third-order valence-electron chi connectivity index (χ3n) is 5.18. The van der Waals surface area contributed by atoms with Crippen LogP contribution in [0.15, 0.2) is 53.6 Å². The lowest BCUT2D eigenvalue weighted by molar-refractivity contribution is 0.277. The molecule has 6 nitrogen and oxygen atoms in total. The molecule has 0 amide bonds. The van der Waals surface area contributed by atoms with E-state index in [2.05, 4.69) is 27.2 Å². The lowest BCUT2D eigenvalue weighted by Gasteiger charge is -2.09. The molecule has 1 saturated carbocycles. The molecule has 0 radical (unpaired) electrons. The van der Waals surface area contributed by atoms with Gasteiger partial charge in [-0.25, -0.2) is 4.68 Å². The normalized spacial score (nSPS) is 18.1. The molecule has 28 heavy (non-hydrogen) atoms. The first-order chi connectivity index (χ1) is 13.6. The van der Waals surface area contributed by atoms with E-state index in [0.717, 1.165) is 29.8 Å². The van der Waals surface area contributed by atoms with E-state index in [0.29, 0.717) is 36.3 Å². The Morgan fingerprint density at radius 2 is 2.11 bits per heavy atom. The van der Waals surface area contributed by atoms with Crippen molar-refractivity contribution in [1.29, 1.82) is 0 Å². The van der Waals surface area contributed by atoms with Gasteiger partial charge in [0.15, 0.2) is 0 Å². The van der Waals surface area contributed by atoms with Gasteiger partial charge in [0, 0.05) is 54.3 Å². The van der Waals surface area contributed by atoms with Crippen LogP contribution in [0.5, 0.6) is 5.88 Å². The maximum Gasteiger partial charge on any atom is 0.269 e. The molecule has 1 aliphatic carbocycles. The average molecular weight is 376 g/mol. The van der Waals surface area contributed by atoms with Crippen LogP contribution in [0.3, 0.4) is 0 Å². The number of rotatable bonds is 7. The topological polar surface area (TPSA) is 69.9 Å². The van der Waals surface area contributed by atoms with Crippen molar-refractivity contribution in [2.45, 2.75) is 32.1 Å². The minimum absolute atomic E-state index is 0.0792. The SMILES string of the molecule is Cc1cccc([C@H]2C[C@@H]2COc2cc(CCc3cccnc3)c(=O)n(C)n2)n1. The average Bonchev–Trinajstić information content (AvgIpc) is 3.48. The number of hydrogen-bond acceptors (Lipinski definition) is 5. The van der Waals surface area contributed by atoms with Crippen molar-refractivity contribution < 1.29 is 4.74 Å². The van der Waals surface area contributed by atoms with Crippen molar-refractivity contribution in [2.24, 2.45) is 13.0 Å². The van der Waals surface area contributed by atoms with Crippen molar-refractivity contribution >= 4 is 0 Å². The smallest absolute Gasteiger partial charge is 0.269 e. The van der Waals surface area contributed by atoms with Gasteiger partial charge < -0.3 is 4.74 Å². The molecule has 0 saturated heterocycles. The molecule has 1 fully saturated rings. The number of nitrogens with zero attached hydrogens (tertiary/aromatic N) is 4. The van der Waals surface area contributed by atoms with E-state index >= 15 is 0 Å². The fraction of sp³-hybridized carbons (Fsp3) is 0.364. The highest BCUT2D eigenvalue weighted by Crippen LogP contribution is 2.46. The molecule has 0 aromatic carbocycles. The van der Waals surface area contributed by atoms with E-state index < -0.39 is 0 Å². The zero-order chi connectivity index (χ0) is 19.5. The Morgan fingerprint density at radius 1 is 1.21 bits per heavy atom. The molecule has 0 N–H and O–H groups in total. The first-order valence-corrected chi connectivity index (χ1v) is 9.62. The third kappa shape index (κ3) is 4.27. The molecule has 3 aromatic heterocycles. The van der Waals surface area contributed by atoms with Gasteiger partial charge >= 0.3 is 0 Å². The minimum atomic E-state index is -0.0792. The van der Waals surface area contributed by atoms with Crippen molar-refractivity contribution in [3.8, 4) is 5.88 Å². The van der Waals surface area contributed by atoms with Gasteiger partial charge in [0.05, 0.1) is 6.61 Å². The molecule has 0 unspecified atom stereocenters. The quantitative estimate of drug-likeness (QED) is 0.634. The summed E-state index contributed by atoms with van der Waals surface area (Å²) in [4.78, 5) is 21.1. The summed E-state index contributed by atoms with van der Waals surface area (Å²) in [7, 11) is 1.67. The van der Waals surface area contributed by atoms with Gasteiger partial charge in [-0.2, -0.15) is 0 Å². The maximum absolute atomic E-state index is 12.4. The third-order valence-corrected chi connectivity index (χ3v) is 5.18. The molecule has 6 heteroatoms. The highest BCUT2D eigenvalue weighted by molar-refractivity contribution is 5.22. The zero-order valence-corrected chi connectivity index (χ0v) is 16.2. The molecule has 1 aliphatic rings. The Hall–Kier alpha value is -3.02. The van der Waals surface area contributed by atoms with Gasteiger partial charge in [0.25, 0.3) is 5.56 Å². The van der Waals surface area contributed by atoms with Crippen LogP contribution < -0.4 is 10.3 Å². The molecular formula is C22H24N4O2. The molecule has 0 bridgehead atoms. The molecule has 0 aliphatic heterocycles. The lowest BCUT2D eigenvalue weighted by atomic mass is 10.1. The summed E-state index contributed by atoms with van der Waals surface area (Å²) in [5.41, 5.74) is 3.92. The van der Waals surface area contributed by atoms with Crippen LogP contribution in [0.1, 0.15) is 34.9 Å². The number of aryl methyl sites for hydroxylation is 4. The Balaban J connectivity index is 1.38. The highest BCUT2D eigenvalue weighted by atomic mass is 16.5. The second-order valence-corrected chi connectivity index (χ2v) is 7.41. The number of ether oxygens (including phenoxy) is 1. The second-order valence-electron chi connectivity index (χ2n) is 7.41. The van der Waals surface area contributed by atoms with Crippen LogP contribution in [-0.2, 0) is 19.9 Å². The largest absolute Gasteiger partial charge is 0.476 e. The van der Waals surface area contributed by atoms with Gasteiger partial charge in [0.2, 0.25) is 5.88 Å². The van der Waals surface area contributed by atoms with Crippen LogP contribution >= 0.6 is 0 Å². The highest BCUT2D eigenvalue weighted by Gasteiger charge is 2.40. The van der Waals surface area contributed by atoms with Gasteiger partial charge in [-0.15, -0.1) is 5.10 Å². The summed E-state index contributed by atoms with van der Waals surface area (Å²) in [6.45, 7) is 2.60. The van der Waals surface area contributed by atoms with E-state index in [9.17, 15) is 4.79 Å². The van der Waals surface area contributed by atoms with Crippen molar-refractivity contribution in [3.05, 3.63) is 81.7 Å². The van der Waals surface area contributed by atoms with Gasteiger partial charge in [-0.1, -0.05) is 12.1 Å². The fourth-order valence-corrected chi connectivity index (χ4v) is 3.47. The van der Waals surface area contributed by atoms with Gasteiger partial charge in [0.1, 0.15) is 0 Å². The predicted molar refractivity (Wildman–Crippen MR) is 106 cm³/mol. The first-order valence-electron chi connectivity index (χ1n) is 9.62. The monoisotopic (exact) mass is 376 g/mol. The first kappa shape index (κ1) is 18.3. The number of aromatic nitrogens is 4. The maximum atomic E-state index is 12.4. The summed E-state index contributed by atoms with van der Waals surface area (Å²) in [6, 6.07) is 11.8. The fourth-order valence-electron chi connectivity index (χ4n) is 3.47. The standard InChI is InChI=1S/C22H24N4O2/c1-15-5-3-7-20(24-15)19-11-18(19)14-28-21-12-17(22(27)26(2)25-21)9-8-16-6-4-10-23-13-16/h3-7,10,12-13,18-19H,8-9,11,14H2,1-2H3/t18-,19+/m1/s1.